The number of benzene rings is 1. The molecule has 0 saturated heterocycles. The number of carboxylic acids is 1. The molecule has 1 N–H and O–H groups in total. The Bertz CT molecular complexity index is 335. The summed E-state index contributed by atoms with van der Waals surface area (Å²) < 4.78 is 1.16. The fourth-order valence-electron chi connectivity index (χ4n) is 1.33. The van der Waals surface area contributed by atoms with E-state index in [1.807, 2.05) is 24.3 Å². The van der Waals surface area contributed by atoms with Crippen LogP contribution in [-0.4, -0.2) is 36.1 Å². The van der Waals surface area contributed by atoms with Gasteiger partial charge in [0.1, 0.15) is 6.04 Å². The van der Waals surface area contributed by atoms with Gasteiger partial charge in [-0.15, -0.1) is 0 Å². The maximum absolute atomic E-state index is 11.0. The van der Waals surface area contributed by atoms with Crippen LogP contribution in [0.1, 0.15) is 5.56 Å². The Kier molecular flexibility index (Phi) is 4.53. The second-order valence-corrected chi connectivity index (χ2v) is 4.89. The summed E-state index contributed by atoms with van der Waals surface area (Å²) in [6, 6.07) is 7.47. The average molecular weight is 319 g/mol. The Hall–Kier alpha value is -0.620. The van der Waals surface area contributed by atoms with Crippen LogP contribution in [0.3, 0.4) is 0 Å². The van der Waals surface area contributed by atoms with Gasteiger partial charge in [0.25, 0.3) is 0 Å². The molecule has 15 heavy (non-hydrogen) atoms. The zero-order valence-electron chi connectivity index (χ0n) is 8.77. The fraction of sp³-hybridized carbons (Fsp3) is 0.364. The molecule has 0 amide bonds. The summed E-state index contributed by atoms with van der Waals surface area (Å²) in [6.45, 7) is 0. The lowest BCUT2D eigenvalue weighted by Crippen LogP contribution is -2.37. The first-order chi connectivity index (χ1) is 7.00. The van der Waals surface area contributed by atoms with Crippen LogP contribution in [0.15, 0.2) is 24.3 Å². The highest BCUT2D eigenvalue weighted by molar-refractivity contribution is 14.1. The van der Waals surface area contributed by atoms with Crippen molar-refractivity contribution in [2.45, 2.75) is 12.5 Å². The lowest BCUT2D eigenvalue weighted by Gasteiger charge is -2.19. The van der Waals surface area contributed by atoms with Crippen LogP contribution in [0.25, 0.3) is 0 Å². The second kappa shape index (κ2) is 5.46. The van der Waals surface area contributed by atoms with Crippen LogP contribution in [0.5, 0.6) is 0 Å². The summed E-state index contributed by atoms with van der Waals surface area (Å²) in [5.74, 6) is -0.779. The molecule has 82 valence electrons. The van der Waals surface area contributed by atoms with Gasteiger partial charge in [0, 0.05) is 3.57 Å². The van der Waals surface area contributed by atoms with Gasteiger partial charge in [0.05, 0.1) is 0 Å². The van der Waals surface area contributed by atoms with Gasteiger partial charge in [-0.25, -0.2) is 0 Å². The molecule has 1 atom stereocenters. The number of nitrogens with zero attached hydrogens (tertiary/aromatic N) is 1. The van der Waals surface area contributed by atoms with E-state index in [4.69, 9.17) is 5.11 Å². The Morgan fingerprint density at radius 3 is 2.33 bits per heavy atom. The average Bonchev–Trinajstić information content (AvgIpc) is 2.15. The number of aliphatic carboxylic acids is 1. The summed E-state index contributed by atoms with van der Waals surface area (Å²) in [6.07, 6.45) is 0.541. The standard InChI is InChI=1S/C11H14INO2/c1-13(2)10(11(14)15)7-8-3-5-9(12)6-4-8/h3-6,10H,7H2,1-2H3,(H,14,15)/t10-/m0/s1. The van der Waals surface area contributed by atoms with E-state index in [0.717, 1.165) is 9.13 Å². The Labute approximate surface area is 103 Å². The molecule has 0 saturated carbocycles. The molecule has 0 unspecified atom stereocenters. The molecule has 0 aromatic heterocycles. The molecule has 3 nitrogen and oxygen atoms in total. The molecule has 0 heterocycles. The van der Waals surface area contributed by atoms with Crippen molar-refractivity contribution in [2.75, 3.05) is 14.1 Å². The van der Waals surface area contributed by atoms with E-state index in [2.05, 4.69) is 22.6 Å². The van der Waals surface area contributed by atoms with Gasteiger partial charge in [0.2, 0.25) is 0 Å². The number of likely N-dealkylation sites (N-methyl/N-ethyl adjacent to an activating group) is 1. The molecule has 0 spiro atoms. The van der Waals surface area contributed by atoms with E-state index in [1.165, 1.54) is 0 Å². The van der Waals surface area contributed by atoms with Gasteiger partial charge in [-0.3, -0.25) is 9.69 Å². The smallest absolute Gasteiger partial charge is 0.321 e. The van der Waals surface area contributed by atoms with Gasteiger partial charge in [-0.1, -0.05) is 12.1 Å². The van der Waals surface area contributed by atoms with Crippen LogP contribution >= 0.6 is 22.6 Å². The normalized spacial score (nSPS) is 12.8. The SMILES string of the molecule is CN(C)[C@@H](Cc1ccc(I)cc1)C(=O)O. The number of rotatable bonds is 4. The first kappa shape index (κ1) is 12.4. The van der Waals surface area contributed by atoms with E-state index in [9.17, 15) is 4.79 Å². The van der Waals surface area contributed by atoms with Crippen LogP contribution in [0, 0.1) is 3.57 Å². The number of hydrogen-bond acceptors (Lipinski definition) is 2. The van der Waals surface area contributed by atoms with E-state index < -0.39 is 12.0 Å². The van der Waals surface area contributed by atoms with Crippen molar-refractivity contribution < 1.29 is 9.90 Å². The largest absolute Gasteiger partial charge is 0.480 e. The topological polar surface area (TPSA) is 40.5 Å². The van der Waals surface area contributed by atoms with Crippen LogP contribution in [-0.2, 0) is 11.2 Å². The third kappa shape index (κ3) is 3.79. The number of halogens is 1. The van der Waals surface area contributed by atoms with Gasteiger partial charge in [-0.05, 0) is 60.8 Å². The molecular weight excluding hydrogens is 305 g/mol. The minimum atomic E-state index is -0.779. The summed E-state index contributed by atoms with van der Waals surface area (Å²) in [7, 11) is 3.57. The third-order valence-corrected chi connectivity index (χ3v) is 2.97. The minimum absolute atomic E-state index is 0.454. The number of carboxylic acid groups (broad SMARTS) is 1. The molecule has 0 radical (unpaired) electrons. The summed E-state index contributed by atoms with van der Waals surface area (Å²) in [5.41, 5.74) is 1.05. The summed E-state index contributed by atoms with van der Waals surface area (Å²) >= 11 is 2.23. The van der Waals surface area contributed by atoms with Crippen LogP contribution in [0.2, 0.25) is 0 Å². The minimum Gasteiger partial charge on any atom is -0.480 e. The van der Waals surface area contributed by atoms with E-state index >= 15 is 0 Å². The Morgan fingerprint density at radius 1 is 1.40 bits per heavy atom. The van der Waals surface area contributed by atoms with Crippen LogP contribution < -0.4 is 0 Å². The summed E-state index contributed by atoms with van der Waals surface area (Å²) in [4.78, 5) is 12.7. The first-order valence-corrected chi connectivity index (χ1v) is 5.72. The highest BCUT2D eigenvalue weighted by Crippen LogP contribution is 2.10. The van der Waals surface area contributed by atoms with Crippen molar-refractivity contribution in [1.29, 1.82) is 0 Å². The van der Waals surface area contributed by atoms with Gasteiger partial charge >= 0.3 is 5.97 Å². The van der Waals surface area contributed by atoms with Gasteiger partial charge in [-0.2, -0.15) is 0 Å². The van der Waals surface area contributed by atoms with E-state index in [1.54, 1.807) is 19.0 Å². The van der Waals surface area contributed by atoms with Crippen LogP contribution in [0.4, 0.5) is 0 Å². The predicted octanol–water partition coefficient (Wildman–Crippen LogP) is 1.85. The van der Waals surface area contributed by atoms with Crippen molar-refractivity contribution in [3.05, 3.63) is 33.4 Å². The Balaban J connectivity index is 2.74. The molecule has 0 bridgehead atoms. The fourth-order valence-corrected chi connectivity index (χ4v) is 1.69. The van der Waals surface area contributed by atoms with Crippen molar-refractivity contribution >= 4 is 28.6 Å². The first-order valence-electron chi connectivity index (χ1n) is 4.64. The van der Waals surface area contributed by atoms with Gasteiger partial charge < -0.3 is 5.11 Å². The lowest BCUT2D eigenvalue weighted by molar-refractivity contribution is -0.142. The van der Waals surface area contributed by atoms with Gasteiger partial charge in [0.15, 0.2) is 0 Å². The molecule has 0 aliphatic heterocycles. The molecule has 1 rings (SSSR count). The number of carbonyl (C=O) groups is 1. The van der Waals surface area contributed by atoms with E-state index in [0.29, 0.717) is 6.42 Å². The molecule has 1 aromatic carbocycles. The maximum Gasteiger partial charge on any atom is 0.321 e. The molecule has 1 aromatic rings. The molecule has 0 aliphatic rings. The van der Waals surface area contributed by atoms with Crippen molar-refractivity contribution in [1.82, 2.24) is 4.90 Å². The van der Waals surface area contributed by atoms with Crippen molar-refractivity contribution in [2.24, 2.45) is 0 Å². The number of hydrogen-bond donors (Lipinski definition) is 1. The molecule has 4 heteroatoms. The molecule has 0 aliphatic carbocycles. The Morgan fingerprint density at radius 2 is 1.93 bits per heavy atom. The molecular formula is C11H14INO2. The highest BCUT2D eigenvalue weighted by Gasteiger charge is 2.19. The quantitative estimate of drug-likeness (QED) is 0.861. The zero-order chi connectivity index (χ0) is 11.4. The predicted molar refractivity (Wildman–Crippen MR) is 68.0 cm³/mol. The lowest BCUT2D eigenvalue weighted by atomic mass is 10.1. The highest BCUT2D eigenvalue weighted by atomic mass is 127. The van der Waals surface area contributed by atoms with Crippen molar-refractivity contribution in [3.63, 3.8) is 0 Å². The zero-order valence-corrected chi connectivity index (χ0v) is 10.9. The van der Waals surface area contributed by atoms with E-state index in [-0.39, 0.29) is 0 Å². The monoisotopic (exact) mass is 319 g/mol. The molecule has 0 fully saturated rings. The second-order valence-electron chi connectivity index (χ2n) is 3.65. The third-order valence-electron chi connectivity index (χ3n) is 2.25. The van der Waals surface area contributed by atoms with Crippen molar-refractivity contribution in [3.8, 4) is 0 Å². The maximum atomic E-state index is 11.0. The summed E-state index contributed by atoms with van der Waals surface area (Å²) in [5, 5.41) is 9.02.